The number of benzene rings is 1. The van der Waals surface area contributed by atoms with Crippen LogP contribution < -0.4 is 5.14 Å². The molecule has 0 saturated heterocycles. The Morgan fingerprint density at radius 2 is 1.53 bits per heavy atom. The van der Waals surface area contributed by atoms with Gasteiger partial charge in [0.05, 0.1) is 4.90 Å². The molecule has 0 unspecified atom stereocenters. The van der Waals surface area contributed by atoms with Crippen molar-refractivity contribution in [3.05, 3.63) is 42.5 Å². The van der Waals surface area contributed by atoms with E-state index < -0.39 is 10.0 Å². The highest BCUT2D eigenvalue weighted by molar-refractivity contribution is 7.89. The summed E-state index contributed by atoms with van der Waals surface area (Å²) < 4.78 is 21.2. The van der Waals surface area contributed by atoms with Crippen LogP contribution in [0.3, 0.4) is 0 Å². The molecule has 0 amide bonds. The maximum atomic E-state index is 10.6. The molecule has 0 fully saturated rings. The minimum absolute atomic E-state index is 0.148. The second-order valence-corrected chi connectivity index (χ2v) is 4.82. The lowest BCUT2D eigenvalue weighted by molar-refractivity contribution is 0.598. The Bertz CT molecular complexity index is 403. The van der Waals surface area contributed by atoms with Crippen LogP contribution in [0.15, 0.2) is 47.4 Å². The van der Waals surface area contributed by atoms with Crippen molar-refractivity contribution in [2.24, 2.45) is 5.14 Å². The maximum Gasteiger partial charge on any atom is 0.238 e. The van der Waals surface area contributed by atoms with Gasteiger partial charge >= 0.3 is 0 Å². The van der Waals surface area contributed by atoms with Gasteiger partial charge in [0.25, 0.3) is 0 Å². The average Bonchev–Trinajstić information content (AvgIpc) is 2.76. The first kappa shape index (κ1) is 11.9. The van der Waals surface area contributed by atoms with Crippen molar-refractivity contribution >= 4 is 10.0 Å². The predicted octanol–water partition coefficient (Wildman–Crippen LogP) is 2.06. The van der Waals surface area contributed by atoms with Gasteiger partial charge in [-0.25, -0.2) is 13.6 Å². The van der Waals surface area contributed by atoms with E-state index in [-0.39, 0.29) is 4.90 Å². The Labute approximate surface area is 90.7 Å². The predicted molar refractivity (Wildman–Crippen MR) is 60.8 cm³/mol. The smallest absolute Gasteiger partial charge is 0.225 e. The highest BCUT2D eigenvalue weighted by Crippen LogP contribution is 2.05. The fourth-order valence-corrected chi connectivity index (χ4v) is 1.74. The van der Waals surface area contributed by atoms with E-state index in [0.717, 1.165) is 0 Å². The molecule has 3 nitrogen and oxygen atoms in total. The summed E-state index contributed by atoms with van der Waals surface area (Å²) in [6.45, 7) is 0. The number of rotatable bonds is 1. The van der Waals surface area contributed by atoms with Crippen LogP contribution in [0, 0.1) is 0 Å². The molecule has 2 rings (SSSR count). The standard InChI is InChI=1S/C6H7NO2S.C5H8/c7-10(8,9)6-4-2-1-3-5-6;1-2-4-5-3-1/h1-5H,(H2,7,8,9);1-2H,3-5H2. The molecule has 15 heavy (non-hydrogen) atoms. The minimum atomic E-state index is -3.50. The van der Waals surface area contributed by atoms with Gasteiger partial charge < -0.3 is 0 Å². The molecule has 0 saturated carbocycles. The van der Waals surface area contributed by atoms with Crippen molar-refractivity contribution < 1.29 is 8.42 Å². The molecule has 1 aromatic rings. The number of hydrogen-bond acceptors (Lipinski definition) is 2. The van der Waals surface area contributed by atoms with E-state index in [4.69, 9.17) is 5.14 Å². The molecule has 4 heteroatoms. The van der Waals surface area contributed by atoms with Crippen LogP contribution in [-0.2, 0) is 10.0 Å². The van der Waals surface area contributed by atoms with Gasteiger partial charge in [-0.3, -0.25) is 0 Å². The molecule has 0 bridgehead atoms. The van der Waals surface area contributed by atoms with Gasteiger partial charge in [0, 0.05) is 0 Å². The molecule has 0 atom stereocenters. The summed E-state index contributed by atoms with van der Waals surface area (Å²) in [6, 6.07) is 7.89. The van der Waals surface area contributed by atoms with Crippen LogP contribution in [-0.4, -0.2) is 8.42 Å². The summed E-state index contributed by atoms with van der Waals surface area (Å²) in [5.41, 5.74) is 0. The Morgan fingerprint density at radius 1 is 1.00 bits per heavy atom. The topological polar surface area (TPSA) is 60.2 Å². The molecular formula is C11H15NO2S. The lowest BCUT2D eigenvalue weighted by Crippen LogP contribution is -2.11. The molecule has 82 valence electrons. The molecule has 1 aromatic carbocycles. The third-order valence-corrected chi connectivity index (χ3v) is 2.91. The number of allylic oxidation sites excluding steroid dienone is 2. The van der Waals surface area contributed by atoms with E-state index in [1.54, 1.807) is 18.2 Å². The van der Waals surface area contributed by atoms with Gasteiger partial charge in [-0.15, -0.1) is 0 Å². The molecule has 0 spiro atoms. The van der Waals surface area contributed by atoms with Crippen LogP contribution in [0.1, 0.15) is 19.3 Å². The van der Waals surface area contributed by atoms with Crippen LogP contribution in [0.25, 0.3) is 0 Å². The summed E-state index contributed by atoms with van der Waals surface area (Å²) >= 11 is 0. The summed E-state index contributed by atoms with van der Waals surface area (Å²) in [5, 5.41) is 4.83. The zero-order valence-electron chi connectivity index (χ0n) is 8.46. The molecule has 1 aliphatic carbocycles. The Kier molecular flexibility index (Phi) is 4.52. The van der Waals surface area contributed by atoms with Crippen LogP contribution in [0.2, 0.25) is 0 Å². The third-order valence-electron chi connectivity index (χ3n) is 1.98. The first-order valence-corrected chi connectivity index (χ1v) is 6.38. The molecule has 0 heterocycles. The fourth-order valence-electron chi connectivity index (χ4n) is 1.20. The zero-order valence-corrected chi connectivity index (χ0v) is 9.28. The Hall–Kier alpha value is -1.13. The van der Waals surface area contributed by atoms with Crippen molar-refractivity contribution in [3.8, 4) is 0 Å². The van der Waals surface area contributed by atoms with Crippen LogP contribution >= 0.6 is 0 Å². The summed E-state index contributed by atoms with van der Waals surface area (Å²) in [6.07, 6.45) is 8.50. The van der Waals surface area contributed by atoms with Gasteiger partial charge in [-0.05, 0) is 31.4 Å². The van der Waals surface area contributed by atoms with Gasteiger partial charge in [0.2, 0.25) is 10.0 Å². The normalized spacial score (nSPS) is 14.5. The number of sulfonamides is 1. The largest absolute Gasteiger partial charge is 0.238 e. The van der Waals surface area contributed by atoms with Gasteiger partial charge in [-0.2, -0.15) is 0 Å². The Morgan fingerprint density at radius 3 is 1.80 bits per heavy atom. The van der Waals surface area contributed by atoms with Crippen molar-refractivity contribution in [3.63, 3.8) is 0 Å². The molecule has 2 N–H and O–H groups in total. The number of hydrogen-bond donors (Lipinski definition) is 1. The first-order valence-electron chi connectivity index (χ1n) is 4.83. The SMILES string of the molecule is C1=CCCC1.NS(=O)(=O)c1ccccc1. The van der Waals surface area contributed by atoms with E-state index in [1.807, 2.05) is 0 Å². The summed E-state index contributed by atoms with van der Waals surface area (Å²) in [7, 11) is -3.50. The zero-order chi connectivity index (χ0) is 11.1. The van der Waals surface area contributed by atoms with Crippen molar-refractivity contribution in [2.45, 2.75) is 24.2 Å². The lowest BCUT2D eigenvalue weighted by atomic mass is 10.4. The quantitative estimate of drug-likeness (QED) is 0.744. The van der Waals surface area contributed by atoms with Crippen LogP contribution in [0.5, 0.6) is 0 Å². The van der Waals surface area contributed by atoms with E-state index in [2.05, 4.69) is 12.2 Å². The minimum Gasteiger partial charge on any atom is -0.225 e. The second-order valence-electron chi connectivity index (χ2n) is 3.26. The van der Waals surface area contributed by atoms with Crippen LogP contribution in [0.4, 0.5) is 0 Å². The highest BCUT2D eigenvalue weighted by Gasteiger charge is 2.03. The van der Waals surface area contributed by atoms with Gasteiger partial charge in [-0.1, -0.05) is 30.4 Å². The van der Waals surface area contributed by atoms with E-state index in [0.29, 0.717) is 0 Å². The van der Waals surface area contributed by atoms with Crippen molar-refractivity contribution in [1.29, 1.82) is 0 Å². The monoisotopic (exact) mass is 225 g/mol. The van der Waals surface area contributed by atoms with Gasteiger partial charge in [0.1, 0.15) is 0 Å². The second kappa shape index (κ2) is 5.68. The third kappa shape index (κ3) is 4.76. The van der Waals surface area contributed by atoms with E-state index in [1.165, 1.54) is 31.4 Å². The number of nitrogens with two attached hydrogens (primary N) is 1. The number of primary sulfonamides is 1. The molecular weight excluding hydrogens is 210 g/mol. The van der Waals surface area contributed by atoms with E-state index >= 15 is 0 Å². The lowest BCUT2D eigenvalue weighted by Gasteiger charge is -1.93. The molecule has 0 radical (unpaired) electrons. The van der Waals surface area contributed by atoms with E-state index in [9.17, 15) is 8.42 Å². The van der Waals surface area contributed by atoms with Crippen molar-refractivity contribution in [2.75, 3.05) is 0 Å². The molecule has 1 aliphatic rings. The maximum absolute atomic E-state index is 10.6. The molecule has 0 aliphatic heterocycles. The highest BCUT2D eigenvalue weighted by atomic mass is 32.2. The first-order chi connectivity index (χ1) is 7.11. The fraction of sp³-hybridized carbons (Fsp3) is 0.273. The summed E-state index contributed by atoms with van der Waals surface area (Å²) in [4.78, 5) is 0.148. The molecule has 0 aromatic heterocycles. The van der Waals surface area contributed by atoms with Gasteiger partial charge in [0.15, 0.2) is 0 Å². The average molecular weight is 225 g/mol. The van der Waals surface area contributed by atoms with Crippen molar-refractivity contribution in [1.82, 2.24) is 0 Å². The Balaban J connectivity index is 0.000000187. The summed E-state index contributed by atoms with van der Waals surface area (Å²) in [5.74, 6) is 0.